The van der Waals surface area contributed by atoms with Crippen molar-refractivity contribution in [1.29, 1.82) is 0 Å². The van der Waals surface area contributed by atoms with E-state index < -0.39 is 10.0 Å². The van der Waals surface area contributed by atoms with Crippen LogP contribution in [0.2, 0.25) is 0 Å². The number of aromatic nitrogens is 2. The van der Waals surface area contributed by atoms with Crippen LogP contribution in [0.25, 0.3) is 0 Å². The van der Waals surface area contributed by atoms with Gasteiger partial charge in [0.05, 0.1) is 10.4 Å². The van der Waals surface area contributed by atoms with E-state index in [0.717, 1.165) is 5.69 Å². The first-order valence-corrected chi connectivity index (χ1v) is 12.0. The summed E-state index contributed by atoms with van der Waals surface area (Å²) in [5.74, 6) is -0.149. The third kappa shape index (κ3) is 5.16. The van der Waals surface area contributed by atoms with Crippen molar-refractivity contribution in [3.8, 4) is 0 Å². The second-order valence-corrected chi connectivity index (χ2v) is 11.3. The number of likely N-dealkylation sites (N-methyl/N-ethyl adjacent to an activating group) is 1. The van der Waals surface area contributed by atoms with Crippen LogP contribution >= 0.6 is 0 Å². The molecule has 1 saturated heterocycles. The first-order chi connectivity index (χ1) is 14.4. The molecule has 2 heterocycles. The van der Waals surface area contributed by atoms with Crippen molar-refractivity contribution < 1.29 is 13.2 Å². The highest BCUT2D eigenvalue weighted by Gasteiger charge is 2.28. The van der Waals surface area contributed by atoms with E-state index in [4.69, 9.17) is 0 Å². The molecule has 9 heteroatoms. The third-order valence-corrected chi connectivity index (χ3v) is 7.28. The fraction of sp³-hybridized carbons (Fsp3) is 0.545. The predicted octanol–water partition coefficient (Wildman–Crippen LogP) is 2.95. The topological polar surface area (TPSA) is 87.5 Å². The second kappa shape index (κ2) is 8.72. The van der Waals surface area contributed by atoms with Crippen molar-refractivity contribution in [2.24, 2.45) is 0 Å². The van der Waals surface area contributed by atoms with Crippen LogP contribution in [0.15, 0.2) is 35.2 Å². The largest absolute Gasteiger partial charge is 0.321 e. The van der Waals surface area contributed by atoms with E-state index >= 15 is 0 Å². The number of piperazine rings is 1. The number of rotatable bonds is 5. The Morgan fingerprint density at radius 2 is 1.74 bits per heavy atom. The SMILES string of the molecule is CC(C)c1cc(C(=O)Nc2cccc(S(=O)(=O)N3CCN(C)CC3)c2)nn1C(C)(C)C. The fourth-order valence-corrected chi connectivity index (χ4v) is 5.03. The van der Waals surface area contributed by atoms with Crippen LogP contribution in [0.1, 0.15) is 56.7 Å². The van der Waals surface area contributed by atoms with Crippen molar-refractivity contribution in [3.63, 3.8) is 0 Å². The van der Waals surface area contributed by atoms with Crippen LogP contribution < -0.4 is 5.32 Å². The summed E-state index contributed by atoms with van der Waals surface area (Å²) in [6, 6.07) is 8.21. The van der Waals surface area contributed by atoms with Gasteiger partial charge in [0.25, 0.3) is 5.91 Å². The molecule has 1 amide bonds. The molecule has 0 unspecified atom stereocenters. The molecule has 3 rings (SSSR count). The molecule has 0 bridgehead atoms. The zero-order chi connectivity index (χ0) is 23.0. The molecular weight excluding hydrogens is 414 g/mol. The third-order valence-electron chi connectivity index (χ3n) is 5.39. The molecule has 0 saturated carbocycles. The van der Waals surface area contributed by atoms with E-state index in [1.54, 1.807) is 24.3 Å². The van der Waals surface area contributed by atoms with Crippen molar-refractivity contribution in [2.75, 3.05) is 38.5 Å². The van der Waals surface area contributed by atoms with Crippen molar-refractivity contribution in [3.05, 3.63) is 41.7 Å². The van der Waals surface area contributed by atoms with Gasteiger partial charge in [0.2, 0.25) is 10.0 Å². The van der Waals surface area contributed by atoms with Crippen LogP contribution in [0.4, 0.5) is 5.69 Å². The van der Waals surface area contributed by atoms with Gasteiger partial charge in [-0.25, -0.2) is 8.42 Å². The summed E-state index contributed by atoms with van der Waals surface area (Å²) in [6.07, 6.45) is 0. The quantitative estimate of drug-likeness (QED) is 0.761. The highest BCUT2D eigenvalue weighted by Crippen LogP contribution is 2.25. The number of nitrogens with zero attached hydrogens (tertiary/aromatic N) is 4. The number of hydrogen-bond acceptors (Lipinski definition) is 5. The van der Waals surface area contributed by atoms with E-state index in [2.05, 4.69) is 29.2 Å². The van der Waals surface area contributed by atoms with Gasteiger partial charge in [-0.2, -0.15) is 9.40 Å². The Bertz CT molecular complexity index is 1050. The monoisotopic (exact) mass is 447 g/mol. The molecule has 1 aliphatic rings. The van der Waals surface area contributed by atoms with Gasteiger partial charge in [0.1, 0.15) is 0 Å². The van der Waals surface area contributed by atoms with E-state index in [0.29, 0.717) is 37.6 Å². The van der Waals surface area contributed by atoms with Crippen molar-refractivity contribution in [2.45, 2.75) is 51.0 Å². The van der Waals surface area contributed by atoms with Gasteiger partial charge in [0.15, 0.2) is 5.69 Å². The van der Waals surface area contributed by atoms with Crippen LogP contribution in [-0.2, 0) is 15.6 Å². The summed E-state index contributed by atoms with van der Waals surface area (Å²) in [7, 11) is -1.63. The van der Waals surface area contributed by atoms with Crippen LogP contribution in [0, 0.1) is 0 Å². The number of carbonyl (C=O) groups excluding carboxylic acids is 1. The van der Waals surface area contributed by atoms with Gasteiger partial charge in [-0.3, -0.25) is 9.48 Å². The average molecular weight is 448 g/mol. The molecule has 170 valence electrons. The normalized spacial score (nSPS) is 16.6. The maximum absolute atomic E-state index is 13.0. The summed E-state index contributed by atoms with van der Waals surface area (Å²) >= 11 is 0. The highest BCUT2D eigenvalue weighted by molar-refractivity contribution is 7.89. The van der Waals surface area contributed by atoms with Gasteiger partial charge >= 0.3 is 0 Å². The number of benzene rings is 1. The molecular formula is C22H33N5O3S. The zero-order valence-corrected chi connectivity index (χ0v) is 20.0. The summed E-state index contributed by atoms with van der Waals surface area (Å²) in [4.78, 5) is 15.2. The smallest absolute Gasteiger partial charge is 0.276 e. The van der Waals surface area contributed by atoms with E-state index in [-0.39, 0.29) is 22.3 Å². The Kier molecular flexibility index (Phi) is 6.59. The Balaban J connectivity index is 1.82. The zero-order valence-electron chi connectivity index (χ0n) is 19.2. The van der Waals surface area contributed by atoms with E-state index in [1.165, 1.54) is 10.4 Å². The summed E-state index contributed by atoms with van der Waals surface area (Å²) in [5, 5.41) is 7.33. The van der Waals surface area contributed by atoms with E-state index in [9.17, 15) is 13.2 Å². The molecule has 2 aromatic rings. The Hall–Kier alpha value is -2.23. The number of amides is 1. The lowest BCUT2D eigenvalue weighted by Gasteiger charge is -2.31. The number of anilines is 1. The lowest BCUT2D eigenvalue weighted by Crippen LogP contribution is -2.47. The first-order valence-electron chi connectivity index (χ1n) is 10.6. The average Bonchev–Trinajstić information content (AvgIpc) is 3.15. The van der Waals surface area contributed by atoms with Gasteiger partial charge in [0, 0.05) is 37.6 Å². The molecule has 1 N–H and O–H groups in total. The van der Waals surface area contributed by atoms with Crippen LogP contribution in [-0.4, -0.2) is 66.5 Å². The fourth-order valence-electron chi connectivity index (χ4n) is 3.56. The molecule has 1 aromatic carbocycles. The summed E-state index contributed by atoms with van der Waals surface area (Å²) < 4.78 is 29.4. The Morgan fingerprint density at radius 3 is 2.29 bits per heavy atom. The Labute approximate surface area is 185 Å². The molecule has 1 aromatic heterocycles. The lowest BCUT2D eigenvalue weighted by molar-refractivity contribution is 0.102. The van der Waals surface area contributed by atoms with Crippen molar-refractivity contribution in [1.82, 2.24) is 19.0 Å². The molecule has 31 heavy (non-hydrogen) atoms. The van der Waals surface area contributed by atoms with Crippen LogP contribution in [0.5, 0.6) is 0 Å². The summed E-state index contributed by atoms with van der Waals surface area (Å²) in [5.41, 5.74) is 1.46. The second-order valence-electron chi connectivity index (χ2n) is 9.38. The molecule has 0 spiro atoms. The molecule has 1 fully saturated rings. The number of carbonyl (C=O) groups is 1. The van der Waals surface area contributed by atoms with Gasteiger partial charge < -0.3 is 10.2 Å². The number of hydrogen-bond donors (Lipinski definition) is 1. The van der Waals surface area contributed by atoms with Crippen molar-refractivity contribution >= 4 is 21.6 Å². The first kappa shape index (κ1) is 23.4. The minimum absolute atomic E-state index is 0.179. The molecule has 0 atom stereocenters. The predicted molar refractivity (Wildman–Crippen MR) is 122 cm³/mol. The van der Waals surface area contributed by atoms with Gasteiger partial charge in [-0.15, -0.1) is 0 Å². The summed E-state index contributed by atoms with van der Waals surface area (Å²) in [6.45, 7) is 12.6. The van der Waals surface area contributed by atoms with Crippen LogP contribution in [0.3, 0.4) is 0 Å². The lowest BCUT2D eigenvalue weighted by atomic mass is 10.1. The number of sulfonamides is 1. The number of nitrogens with one attached hydrogen (secondary N) is 1. The highest BCUT2D eigenvalue weighted by atomic mass is 32.2. The molecule has 8 nitrogen and oxygen atoms in total. The minimum atomic E-state index is -3.61. The maximum Gasteiger partial charge on any atom is 0.276 e. The molecule has 0 radical (unpaired) electrons. The maximum atomic E-state index is 13.0. The minimum Gasteiger partial charge on any atom is -0.321 e. The van der Waals surface area contributed by atoms with E-state index in [1.807, 2.05) is 32.5 Å². The molecule has 1 aliphatic heterocycles. The Morgan fingerprint density at radius 1 is 1.10 bits per heavy atom. The van der Waals surface area contributed by atoms with Gasteiger partial charge in [-0.05, 0) is 58.0 Å². The van der Waals surface area contributed by atoms with Gasteiger partial charge in [-0.1, -0.05) is 19.9 Å². The standard InChI is InChI=1S/C22H33N5O3S/c1-16(2)20-15-19(24-27(20)22(3,4)5)21(28)23-17-8-7-9-18(14-17)31(29,30)26-12-10-25(6)11-13-26/h7-9,14-16H,10-13H2,1-6H3,(H,23,28). The molecule has 0 aliphatic carbocycles.